The van der Waals surface area contributed by atoms with Crippen molar-refractivity contribution in [2.45, 2.75) is 32.5 Å². The highest BCUT2D eigenvalue weighted by Crippen LogP contribution is 2.30. The van der Waals surface area contributed by atoms with Gasteiger partial charge in [-0.05, 0) is 30.4 Å². The normalized spacial score (nSPS) is 17.7. The molecule has 0 unspecified atom stereocenters. The lowest BCUT2D eigenvalue weighted by atomic mass is 10.2. The first kappa shape index (κ1) is 14.5. The number of benzene rings is 1. The number of fused-ring (bicyclic) bond motifs is 1. The molecular weight excluding hydrogens is 288 g/mol. The number of hydrogen-bond donors (Lipinski definition) is 1. The average molecular weight is 310 g/mol. The predicted octanol–water partition coefficient (Wildman–Crippen LogP) is 2.04. The van der Waals surface area contributed by atoms with E-state index in [4.69, 9.17) is 0 Å². The fourth-order valence-electron chi connectivity index (χ4n) is 3.12. The van der Waals surface area contributed by atoms with Gasteiger partial charge in [-0.15, -0.1) is 0 Å². The minimum Gasteiger partial charge on any atom is -0.347 e. The van der Waals surface area contributed by atoms with E-state index in [1.807, 2.05) is 41.1 Å². The number of rotatable bonds is 5. The van der Waals surface area contributed by atoms with Crippen molar-refractivity contribution in [2.24, 2.45) is 5.92 Å². The second kappa shape index (κ2) is 6.16. The molecule has 1 fully saturated rings. The molecule has 2 aliphatic rings. The zero-order valence-corrected chi connectivity index (χ0v) is 13.2. The Morgan fingerprint density at radius 2 is 2.04 bits per heavy atom. The van der Waals surface area contributed by atoms with Crippen LogP contribution in [0.25, 0.3) is 0 Å². The quantitative estimate of drug-likeness (QED) is 0.919. The molecule has 1 saturated carbocycles. The van der Waals surface area contributed by atoms with Gasteiger partial charge in [0.2, 0.25) is 0 Å². The van der Waals surface area contributed by atoms with Crippen molar-refractivity contribution in [1.29, 1.82) is 0 Å². The molecule has 1 amide bonds. The highest BCUT2D eigenvalue weighted by Gasteiger charge is 2.27. The number of amides is 1. The summed E-state index contributed by atoms with van der Waals surface area (Å²) in [6.07, 6.45) is 2.76. The van der Waals surface area contributed by atoms with Crippen LogP contribution in [0.3, 0.4) is 0 Å². The zero-order chi connectivity index (χ0) is 15.6. The van der Waals surface area contributed by atoms with Crippen molar-refractivity contribution in [1.82, 2.24) is 20.0 Å². The first-order valence-electron chi connectivity index (χ1n) is 8.39. The van der Waals surface area contributed by atoms with E-state index in [1.54, 1.807) is 0 Å². The molecule has 5 heteroatoms. The minimum atomic E-state index is -0.0931. The van der Waals surface area contributed by atoms with Gasteiger partial charge in [-0.2, -0.15) is 5.10 Å². The molecule has 5 nitrogen and oxygen atoms in total. The molecule has 120 valence electrons. The van der Waals surface area contributed by atoms with Crippen molar-refractivity contribution in [3.63, 3.8) is 0 Å². The second-order valence-corrected chi connectivity index (χ2v) is 6.59. The summed E-state index contributed by atoms with van der Waals surface area (Å²) in [5.41, 5.74) is 2.78. The van der Waals surface area contributed by atoms with Gasteiger partial charge in [-0.1, -0.05) is 30.3 Å². The van der Waals surface area contributed by atoms with Gasteiger partial charge in [-0.25, -0.2) is 0 Å². The van der Waals surface area contributed by atoms with Gasteiger partial charge in [0.1, 0.15) is 0 Å². The monoisotopic (exact) mass is 310 g/mol. The van der Waals surface area contributed by atoms with Crippen LogP contribution in [-0.4, -0.2) is 33.7 Å². The lowest BCUT2D eigenvalue weighted by Gasteiger charge is -2.27. The number of aromatic nitrogens is 2. The van der Waals surface area contributed by atoms with E-state index in [1.165, 1.54) is 19.4 Å². The standard InChI is InChI=1S/C18H22N4O/c23-18(19-11-14-4-2-1-3-5-14)17-10-16-13-21(12-15-6-7-15)8-9-22(16)20-17/h1-5,10,15H,6-9,11-13H2,(H,19,23). The van der Waals surface area contributed by atoms with Crippen LogP contribution >= 0.6 is 0 Å². The lowest BCUT2D eigenvalue weighted by Crippen LogP contribution is -2.35. The van der Waals surface area contributed by atoms with E-state index < -0.39 is 0 Å². The molecule has 0 atom stereocenters. The molecule has 2 aromatic rings. The third kappa shape index (κ3) is 3.45. The molecule has 1 N–H and O–H groups in total. The molecule has 0 spiro atoms. The number of carbonyl (C=O) groups is 1. The van der Waals surface area contributed by atoms with E-state index in [2.05, 4.69) is 15.3 Å². The SMILES string of the molecule is O=C(NCc1ccccc1)c1cc2n(n1)CCN(CC1CC1)C2. The van der Waals surface area contributed by atoms with Crippen molar-refractivity contribution < 1.29 is 4.79 Å². The zero-order valence-electron chi connectivity index (χ0n) is 13.2. The first-order valence-corrected chi connectivity index (χ1v) is 8.39. The molecular formula is C18H22N4O. The third-order valence-corrected chi connectivity index (χ3v) is 4.62. The van der Waals surface area contributed by atoms with Gasteiger partial charge < -0.3 is 5.32 Å². The maximum Gasteiger partial charge on any atom is 0.272 e. The van der Waals surface area contributed by atoms with Crippen LogP contribution in [-0.2, 0) is 19.6 Å². The Hall–Kier alpha value is -2.14. The largest absolute Gasteiger partial charge is 0.347 e. The Bertz CT molecular complexity index is 690. The molecule has 1 aliphatic carbocycles. The molecule has 2 heterocycles. The van der Waals surface area contributed by atoms with Crippen molar-refractivity contribution in [3.8, 4) is 0 Å². The van der Waals surface area contributed by atoms with Gasteiger partial charge in [0.05, 0.1) is 12.2 Å². The van der Waals surface area contributed by atoms with Crippen LogP contribution in [0.4, 0.5) is 0 Å². The van der Waals surface area contributed by atoms with E-state index in [0.29, 0.717) is 12.2 Å². The van der Waals surface area contributed by atoms with Crippen LogP contribution in [0.15, 0.2) is 36.4 Å². The summed E-state index contributed by atoms with van der Waals surface area (Å²) in [5.74, 6) is 0.808. The fraction of sp³-hybridized carbons (Fsp3) is 0.444. The van der Waals surface area contributed by atoms with Crippen LogP contribution < -0.4 is 5.32 Å². The summed E-state index contributed by atoms with van der Waals surface area (Å²) in [4.78, 5) is 14.8. The van der Waals surface area contributed by atoms with Crippen LogP contribution in [0.2, 0.25) is 0 Å². The van der Waals surface area contributed by atoms with Gasteiger partial charge in [0.15, 0.2) is 5.69 Å². The predicted molar refractivity (Wildman–Crippen MR) is 87.8 cm³/mol. The Morgan fingerprint density at radius 3 is 2.83 bits per heavy atom. The Kier molecular flexibility index (Phi) is 3.87. The van der Waals surface area contributed by atoms with Crippen LogP contribution in [0.5, 0.6) is 0 Å². The molecule has 0 saturated heterocycles. The number of nitrogens with zero attached hydrogens (tertiary/aromatic N) is 3. The first-order chi connectivity index (χ1) is 11.3. The molecule has 1 aromatic heterocycles. The van der Waals surface area contributed by atoms with Gasteiger partial charge in [-0.3, -0.25) is 14.4 Å². The molecule has 4 rings (SSSR count). The highest BCUT2D eigenvalue weighted by atomic mass is 16.1. The maximum absolute atomic E-state index is 12.3. The fourth-order valence-corrected chi connectivity index (χ4v) is 3.12. The summed E-state index contributed by atoms with van der Waals surface area (Å²) < 4.78 is 1.99. The molecule has 1 aromatic carbocycles. The van der Waals surface area contributed by atoms with E-state index in [9.17, 15) is 4.79 Å². The highest BCUT2D eigenvalue weighted by molar-refractivity contribution is 5.92. The summed E-state index contributed by atoms with van der Waals surface area (Å²) >= 11 is 0. The van der Waals surface area contributed by atoms with Gasteiger partial charge >= 0.3 is 0 Å². The minimum absolute atomic E-state index is 0.0931. The summed E-state index contributed by atoms with van der Waals surface area (Å²) in [6.45, 7) is 4.57. The van der Waals surface area contributed by atoms with Gasteiger partial charge in [0, 0.05) is 26.2 Å². The van der Waals surface area contributed by atoms with Crippen molar-refractivity contribution in [2.75, 3.05) is 13.1 Å². The number of carbonyl (C=O) groups excluding carboxylic acids is 1. The van der Waals surface area contributed by atoms with Crippen molar-refractivity contribution in [3.05, 3.63) is 53.3 Å². The van der Waals surface area contributed by atoms with Crippen molar-refractivity contribution >= 4 is 5.91 Å². The lowest BCUT2D eigenvalue weighted by molar-refractivity contribution is 0.0945. The van der Waals surface area contributed by atoms with E-state index >= 15 is 0 Å². The Morgan fingerprint density at radius 1 is 1.22 bits per heavy atom. The maximum atomic E-state index is 12.3. The average Bonchev–Trinajstić information content (AvgIpc) is 3.29. The summed E-state index contributed by atoms with van der Waals surface area (Å²) in [6, 6.07) is 11.9. The van der Waals surface area contributed by atoms with Gasteiger partial charge in [0.25, 0.3) is 5.91 Å². The summed E-state index contributed by atoms with van der Waals surface area (Å²) in [7, 11) is 0. The van der Waals surface area contributed by atoms with E-state index in [-0.39, 0.29) is 5.91 Å². The van der Waals surface area contributed by atoms with Crippen LogP contribution in [0, 0.1) is 5.92 Å². The van der Waals surface area contributed by atoms with E-state index in [0.717, 1.165) is 36.8 Å². The third-order valence-electron chi connectivity index (χ3n) is 4.62. The molecule has 0 bridgehead atoms. The summed E-state index contributed by atoms with van der Waals surface area (Å²) in [5, 5.41) is 7.42. The Labute approximate surface area is 136 Å². The smallest absolute Gasteiger partial charge is 0.272 e. The number of hydrogen-bond acceptors (Lipinski definition) is 3. The molecule has 0 radical (unpaired) electrons. The molecule has 1 aliphatic heterocycles. The Balaban J connectivity index is 1.38. The van der Waals surface area contributed by atoms with Crippen LogP contribution in [0.1, 0.15) is 34.6 Å². The number of nitrogens with one attached hydrogen (secondary N) is 1. The second-order valence-electron chi connectivity index (χ2n) is 6.59. The molecule has 23 heavy (non-hydrogen) atoms. The topological polar surface area (TPSA) is 50.2 Å².